The van der Waals surface area contributed by atoms with Crippen LogP contribution in [0.1, 0.15) is 70.4 Å². The van der Waals surface area contributed by atoms with Gasteiger partial charge in [-0.2, -0.15) is 0 Å². The van der Waals surface area contributed by atoms with Crippen LogP contribution in [0.5, 0.6) is 0 Å². The predicted octanol–water partition coefficient (Wildman–Crippen LogP) is 5.12. The molecule has 1 aromatic carbocycles. The van der Waals surface area contributed by atoms with Crippen LogP contribution in [-0.4, -0.2) is 30.3 Å². The van der Waals surface area contributed by atoms with Crippen LogP contribution in [-0.2, 0) is 14.3 Å². The van der Waals surface area contributed by atoms with Crippen molar-refractivity contribution in [2.45, 2.75) is 70.9 Å². The average Bonchev–Trinajstić information content (AvgIpc) is 2.99. The van der Waals surface area contributed by atoms with Crippen molar-refractivity contribution in [3.8, 4) is 0 Å². The Kier molecular flexibility index (Phi) is 6.46. The van der Waals surface area contributed by atoms with Crippen molar-refractivity contribution in [2.75, 3.05) is 6.61 Å². The SMILES string of the molecule is CCCC(NC(=O)OCC1C2=C(CCC=C2)c2ccccc21)C(=O)OC(C)(C)C. The summed E-state index contributed by atoms with van der Waals surface area (Å²) < 4.78 is 11.0. The lowest BCUT2D eigenvalue weighted by Gasteiger charge is -2.24. The van der Waals surface area contributed by atoms with E-state index in [4.69, 9.17) is 9.47 Å². The fourth-order valence-electron chi connectivity index (χ4n) is 3.98. The van der Waals surface area contributed by atoms with E-state index in [1.54, 1.807) is 0 Å². The summed E-state index contributed by atoms with van der Waals surface area (Å²) in [5.41, 5.74) is 4.46. The number of alkyl carbamates (subject to hydrolysis) is 1. The maximum atomic E-state index is 12.5. The van der Waals surface area contributed by atoms with Gasteiger partial charge in [0.05, 0.1) is 0 Å². The van der Waals surface area contributed by atoms with Crippen LogP contribution in [0.15, 0.2) is 42.0 Å². The Balaban J connectivity index is 1.64. The predicted molar refractivity (Wildman–Crippen MR) is 114 cm³/mol. The molecule has 0 saturated carbocycles. The van der Waals surface area contributed by atoms with E-state index in [0.29, 0.717) is 6.42 Å². The van der Waals surface area contributed by atoms with Crippen molar-refractivity contribution in [3.63, 3.8) is 0 Å². The van der Waals surface area contributed by atoms with Gasteiger partial charge in [0, 0.05) is 5.92 Å². The second kappa shape index (κ2) is 8.85. The number of carbonyl (C=O) groups excluding carboxylic acids is 2. The van der Waals surface area contributed by atoms with Gasteiger partial charge in [0.15, 0.2) is 0 Å². The quantitative estimate of drug-likeness (QED) is 0.676. The first-order chi connectivity index (χ1) is 13.8. The number of nitrogens with one attached hydrogen (secondary N) is 1. The van der Waals surface area contributed by atoms with Crippen LogP contribution in [0.3, 0.4) is 0 Å². The van der Waals surface area contributed by atoms with Crippen LogP contribution in [0.25, 0.3) is 5.57 Å². The monoisotopic (exact) mass is 397 g/mol. The van der Waals surface area contributed by atoms with Gasteiger partial charge in [0.1, 0.15) is 18.2 Å². The lowest BCUT2D eigenvalue weighted by molar-refractivity contribution is -0.157. The van der Waals surface area contributed by atoms with Crippen LogP contribution >= 0.6 is 0 Å². The normalized spacial score (nSPS) is 18.7. The Hall–Kier alpha value is -2.56. The highest BCUT2D eigenvalue weighted by Crippen LogP contribution is 2.46. The third kappa shape index (κ3) is 5.08. The molecule has 29 heavy (non-hydrogen) atoms. The van der Waals surface area contributed by atoms with Gasteiger partial charge in [-0.1, -0.05) is 49.8 Å². The van der Waals surface area contributed by atoms with E-state index >= 15 is 0 Å². The van der Waals surface area contributed by atoms with Gasteiger partial charge in [-0.15, -0.1) is 0 Å². The molecule has 1 N–H and O–H groups in total. The Bertz CT molecular complexity index is 832. The Morgan fingerprint density at radius 1 is 1.24 bits per heavy atom. The first-order valence-electron chi connectivity index (χ1n) is 10.4. The highest BCUT2D eigenvalue weighted by molar-refractivity contribution is 5.83. The summed E-state index contributed by atoms with van der Waals surface area (Å²) in [5.74, 6) is -0.391. The molecule has 2 unspecified atom stereocenters. The lowest BCUT2D eigenvalue weighted by Crippen LogP contribution is -2.44. The molecule has 0 spiro atoms. The lowest BCUT2D eigenvalue weighted by atomic mass is 9.93. The minimum Gasteiger partial charge on any atom is -0.458 e. The zero-order chi connectivity index (χ0) is 21.0. The van der Waals surface area contributed by atoms with Gasteiger partial charge in [-0.05, 0) is 62.3 Å². The first-order valence-corrected chi connectivity index (χ1v) is 10.4. The summed E-state index contributed by atoms with van der Waals surface area (Å²) in [5, 5.41) is 2.69. The van der Waals surface area contributed by atoms with E-state index in [9.17, 15) is 9.59 Å². The zero-order valence-corrected chi connectivity index (χ0v) is 17.8. The Morgan fingerprint density at radius 2 is 2.00 bits per heavy atom. The van der Waals surface area contributed by atoms with E-state index in [1.165, 1.54) is 22.3 Å². The number of esters is 1. The summed E-state index contributed by atoms with van der Waals surface area (Å²) in [7, 11) is 0. The van der Waals surface area contributed by atoms with E-state index in [2.05, 4.69) is 29.6 Å². The minimum absolute atomic E-state index is 0.0367. The first kappa shape index (κ1) is 21.2. The highest BCUT2D eigenvalue weighted by atomic mass is 16.6. The van der Waals surface area contributed by atoms with Crippen molar-refractivity contribution < 1.29 is 19.1 Å². The molecular weight excluding hydrogens is 366 g/mol. The topological polar surface area (TPSA) is 64.6 Å². The smallest absolute Gasteiger partial charge is 0.407 e. The molecule has 0 fully saturated rings. The standard InChI is InChI=1S/C24H31NO4/c1-5-10-21(22(26)29-24(2,3)4)25-23(27)28-15-20-18-13-8-6-11-16(18)17-12-7-9-14-19(17)20/h6,8-9,11,13-14,20-21H,5,7,10,12,15H2,1-4H3,(H,25,27). The van der Waals surface area contributed by atoms with Crippen LogP contribution in [0, 0.1) is 0 Å². The molecule has 1 amide bonds. The summed E-state index contributed by atoms with van der Waals surface area (Å²) in [6, 6.07) is 7.62. The van der Waals surface area contributed by atoms with Gasteiger partial charge in [0.2, 0.25) is 0 Å². The number of ether oxygens (including phenoxy) is 2. The largest absolute Gasteiger partial charge is 0.458 e. The molecule has 3 rings (SSSR count). The van der Waals surface area contributed by atoms with Gasteiger partial charge in [0.25, 0.3) is 0 Å². The Morgan fingerprint density at radius 3 is 2.72 bits per heavy atom. The van der Waals surface area contributed by atoms with Gasteiger partial charge >= 0.3 is 12.1 Å². The van der Waals surface area contributed by atoms with Gasteiger partial charge in [-0.3, -0.25) is 0 Å². The van der Waals surface area contributed by atoms with Crippen molar-refractivity contribution in [1.29, 1.82) is 0 Å². The molecule has 0 saturated heterocycles. The minimum atomic E-state index is -0.702. The maximum absolute atomic E-state index is 12.5. The van der Waals surface area contributed by atoms with Crippen molar-refractivity contribution >= 4 is 17.6 Å². The molecule has 2 atom stereocenters. The Labute approximate surface area is 173 Å². The second-order valence-corrected chi connectivity index (χ2v) is 8.63. The number of carbonyl (C=O) groups is 2. The summed E-state index contributed by atoms with van der Waals surface area (Å²) in [4.78, 5) is 24.8. The maximum Gasteiger partial charge on any atom is 0.407 e. The molecule has 1 aromatic rings. The van der Waals surface area contributed by atoms with Crippen molar-refractivity contribution in [3.05, 3.63) is 53.1 Å². The molecule has 5 heteroatoms. The number of hydrogen-bond acceptors (Lipinski definition) is 4. The fourth-order valence-corrected chi connectivity index (χ4v) is 3.98. The number of fused-ring (bicyclic) bond motifs is 2. The number of hydrogen-bond donors (Lipinski definition) is 1. The average molecular weight is 398 g/mol. The second-order valence-electron chi connectivity index (χ2n) is 8.63. The highest BCUT2D eigenvalue weighted by Gasteiger charge is 2.32. The van der Waals surface area contributed by atoms with Gasteiger partial charge in [-0.25, -0.2) is 9.59 Å². The molecule has 0 radical (unpaired) electrons. The molecule has 5 nitrogen and oxygen atoms in total. The van der Waals surface area contributed by atoms with Crippen molar-refractivity contribution in [1.82, 2.24) is 5.32 Å². The molecule has 2 aliphatic carbocycles. The fraction of sp³-hybridized carbons (Fsp3) is 0.500. The third-order valence-corrected chi connectivity index (χ3v) is 5.19. The van der Waals surface area contributed by atoms with Crippen LogP contribution < -0.4 is 5.32 Å². The molecule has 0 heterocycles. The summed E-state index contributed by atoms with van der Waals surface area (Å²) >= 11 is 0. The third-order valence-electron chi connectivity index (χ3n) is 5.19. The zero-order valence-electron chi connectivity index (χ0n) is 17.8. The molecular formula is C24H31NO4. The van der Waals surface area contributed by atoms with Crippen molar-refractivity contribution in [2.24, 2.45) is 0 Å². The number of allylic oxidation sites excluding steroid dienone is 3. The number of amides is 1. The van der Waals surface area contributed by atoms with Gasteiger partial charge < -0.3 is 14.8 Å². The van der Waals surface area contributed by atoms with Crippen LogP contribution in [0.2, 0.25) is 0 Å². The van der Waals surface area contributed by atoms with Crippen LogP contribution in [0.4, 0.5) is 4.79 Å². The van der Waals surface area contributed by atoms with E-state index in [0.717, 1.165) is 19.3 Å². The molecule has 0 aliphatic heterocycles. The number of rotatable bonds is 6. The van der Waals surface area contributed by atoms with E-state index in [-0.39, 0.29) is 12.5 Å². The summed E-state index contributed by atoms with van der Waals surface area (Å²) in [6.45, 7) is 7.65. The number of benzene rings is 1. The van der Waals surface area contributed by atoms with E-state index < -0.39 is 23.7 Å². The molecule has 2 aliphatic rings. The molecule has 0 aromatic heterocycles. The molecule has 0 bridgehead atoms. The van der Waals surface area contributed by atoms with E-state index in [1.807, 2.05) is 39.8 Å². The summed E-state index contributed by atoms with van der Waals surface area (Å²) in [6.07, 6.45) is 7.07. The molecule has 156 valence electrons.